The summed E-state index contributed by atoms with van der Waals surface area (Å²) < 4.78 is 0. The maximum atomic E-state index is 1.85. The zero-order valence-corrected chi connectivity index (χ0v) is 7.36. The predicted octanol–water partition coefficient (Wildman–Crippen LogP) is 3.82. The van der Waals surface area contributed by atoms with Gasteiger partial charge < -0.3 is 0 Å². The minimum atomic E-state index is 1.44. The molecule has 0 spiro atoms. The number of hydrogen-bond acceptors (Lipinski definition) is 0. The average Bonchev–Trinajstić information content (AvgIpc) is 2.68. The molecule has 2 aliphatic carbocycles. The van der Waals surface area contributed by atoms with Crippen molar-refractivity contribution in [1.82, 2.24) is 0 Å². The predicted molar refractivity (Wildman–Crippen MR) is 48.6 cm³/mol. The molecule has 11 heavy (non-hydrogen) atoms. The molecule has 0 unspecified atom stereocenters. The highest BCUT2D eigenvalue weighted by Crippen LogP contribution is 2.37. The van der Waals surface area contributed by atoms with Gasteiger partial charge in [-0.3, -0.25) is 0 Å². The molecule has 2 fully saturated rings. The summed E-state index contributed by atoms with van der Waals surface area (Å²) >= 11 is 0. The fraction of sp³-hybridized carbons (Fsp3) is 0.818. The Kier molecular flexibility index (Phi) is 2.30. The van der Waals surface area contributed by atoms with E-state index in [0.717, 1.165) is 0 Å². The van der Waals surface area contributed by atoms with E-state index in [1.165, 1.54) is 57.8 Å². The Hall–Kier alpha value is -0.260. The highest BCUT2D eigenvalue weighted by molar-refractivity contribution is 5.25. The Balaban J connectivity index is 1.92. The zero-order valence-electron chi connectivity index (χ0n) is 7.36. The van der Waals surface area contributed by atoms with Gasteiger partial charge >= 0.3 is 0 Å². The van der Waals surface area contributed by atoms with Crippen LogP contribution in [0.2, 0.25) is 0 Å². The van der Waals surface area contributed by atoms with Crippen LogP contribution < -0.4 is 0 Å². The van der Waals surface area contributed by atoms with Crippen LogP contribution in [-0.4, -0.2) is 0 Å². The summed E-state index contributed by atoms with van der Waals surface area (Å²) in [5.74, 6) is 0. The Morgan fingerprint density at radius 3 is 1.45 bits per heavy atom. The van der Waals surface area contributed by atoms with Crippen molar-refractivity contribution in [3.05, 3.63) is 11.1 Å². The standard InChI is InChI=1S/C11H18/c1-2-4-6-10(7-5-3-1)11-8-9-11/h1-9H2. The number of hydrogen-bond donors (Lipinski definition) is 0. The normalized spacial score (nSPS) is 26.2. The fourth-order valence-corrected chi connectivity index (χ4v) is 2.10. The van der Waals surface area contributed by atoms with Gasteiger partial charge in [0.1, 0.15) is 0 Å². The van der Waals surface area contributed by atoms with Gasteiger partial charge in [-0.2, -0.15) is 0 Å². The van der Waals surface area contributed by atoms with Crippen molar-refractivity contribution in [2.75, 3.05) is 0 Å². The van der Waals surface area contributed by atoms with E-state index in [0.29, 0.717) is 0 Å². The third kappa shape index (κ3) is 2.08. The summed E-state index contributed by atoms with van der Waals surface area (Å²) in [6.07, 6.45) is 13.2. The second-order valence-corrected chi connectivity index (χ2v) is 3.97. The summed E-state index contributed by atoms with van der Waals surface area (Å²) in [5.41, 5.74) is 3.68. The first-order valence-corrected chi connectivity index (χ1v) is 5.16. The van der Waals surface area contributed by atoms with Crippen LogP contribution in [0.15, 0.2) is 11.1 Å². The van der Waals surface area contributed by atoms with E-state index in [9.17, 15) is 0 Å². The van der Waals surface area contributed by atoms with Crippen molar-refractivity contribution in [1.29, 1.82) is 0 Å². The van der Waals surface area contributed by atoms with Crippen LogP contribution in [0.5, 0.6) is 0 Å². The van der Waals surface area contributed by atoms with Gasteiger partial charge in [-0.25, -0.2) is 0 Å². The molecule has 2 rings (SSSR count). The van der Waals surface area contributed by atoms with Crippen molar-refractivity contribution in [2.45, 2.75) is 57.8 Å². The van der Waals surface area contributed by atoms with Crippen LogP contribution in [0.3, 0.4) is 0 Å². The second-order valence-electron chi connectivity index (χ2n) is 3.97. The monoisotopic (exact) mass is 150 g/mol. The Labute approximate surface area is 69.7 Å². The lowest BCUT2D eigenvalue weighted by Crippen LogP contribution is -1.91. The SMILES string of the molecule is C1CCCC(=C2CC2)CCC1. The molecule has 0 aromatic heterocycles. The topological polar surface area (TPSA) is 0 Å². The van der Waals surface area contributed by atoms with Crippen molar-refractivity contribution >= 4 is 0 Å². The summed E-state index contributed by atoms with van der Waals surface area (Å²) in [7, 11) is 0. The summed E-state index contributed by atoms with van der Waals surface area (Å²) in [4.78, 5) is 0. The van der Waals surface area contributed by atoms with Crippen LogP contribution in [0.1, 0.15) is 57.8 Å². The van der Waals surface area contributed by atoms with E-state index < -0.39 is 0 Å². The van der Waals surface area contributed by atoms with Crippen LogP contribution in [0, 0.1) is 0 Å². The molecule has 0 atom stereocenters. The van der Waals surface area contributed by atoms with Gasteiger partial charge in [-0.15, -0.1) is 0 Å². The molecule has 0 N–H and O–H groups in total. The molecule has 0 bridgehead atoms. The van der Waals surface area contributed by atoms with Crippen LogP contribution in [0.25, 0.3) is 0 Å². The van der Waals surface area contributed by atoms with Gasteiger partial charge in [0.2, 0.25) is 0 Å². The van der Waals surface area contributed by atoms with E-state index in [-0.39, 0.29) is 0 Å². The highest BCUT2D eigenvalue weighted by atomic mass is 14.2. The Bertz CT molecular complexity index is 149. The quantitative estimate of drug-likeness (QED) is 0.460. The molecule has 0 aromatic rings. The molecule has 0 aliphatic heterocycles. The summed E-state index contributed by atoms with van der Waals surface area (Å²) in [6, 6.07) is 0. The molecule has 2 saturated carbocycles. The molecular formula is C11H18. The first-order valence-electron chi connectivity index (χ1n) is 5.16. The van der Waals surface area contributed by atoms with Crippen molar-refractivity contribution in [3.8, 4) is 0 Å². The lowest BCUT2D eigenvalue weighted by molar-refractivity contribution is 0.567. The third-order valence-corrected chi connectivity index (χ3v) is 2.96. The first kappa shape index (κ1) is 7.39. The lowest BCUT2D eigenvalue weighted by atomic mass is 9.96. The molecule has 0 saturated heterocycles. The van der Waals surface area contributed by atoms with Crippen molar-refractivity contribution in [3.63, 3.8) is 0 Å². The van der Waals surface area contributed by atoms with E-state index in [1.807, 2.05) is 11.1 Å². The van der Waals surface area contributed by atoms with E-state index in [2.05, 4.69) is 0 Å². The minimum Gasteiger partial charge on any atom is -0.0710 e. The van der Waals surface area contributed by atoms with Gasteiger partial charge in [0.05, 0.1) is 0 Å². The number of rotatable bonds is 0. The molecule has 0 nitrogen and oxygen atoms in total. The van der Waals surface area contributed by atoms with E-state index >= 15 is 0 Å². The molecule has 0 heterocycles. The molecule has 0 radical (unpaired) electrons. The highest BCUT2D eigenvalue weighted by Gasteiger charge is 2.17. The molecule has 62 valence electrons. The largest absolute Gasteiger partial charge is 0.0710 e. The van der Waals surface area contributed by atoms with Crippen molar-refractivity contribution in [2.24, 2.45) is 0 Å². The minimum absolute atomic E-state index is 1.44. The second kappa shape index (κ2) is 3.42. The average molecular weight is 150 g/mol. The first-order chi connectivity index (χ1) is 5.47. The van der Waals surface area contributed by atoms with Crippen molar-refractivity contribution < 1.29 is 0 Å². The maximum absolute atomic E-state index is 1.85. The van der Waals surface area contributed by atoms with Crippen LogP contribution in [0.4, 0.5) is 0 Å². The molecule has 0 aromatic carbocycles. The lowest BCUT2D eigenvalue weighted by Gasteiger charge is -2.11. The van der Waals surface area contributed by atoms with Gasteiger partial charge in [-0.1, -0.05) is 30.4 Å². The molecule has 2 aliphatic rings. The van der Waals surface area contributed by atoms with E-state index in [1.54, 1.807) is 0 Å². The van der Waals surface area contributed by atoms with Gasteiger partial charge in [-0.05, 0) is 38.5 Å². The maximum Gasteiger partial charge on any atom is -0.0280 e. The molecule has 0 amide bonds. The van der Waals surface area contributed by atoms with Crippen LogP contribution >= 0.6 is 0 Å². The van der Waals surface area contributed by atoms with Gasteiger partial charge in [0, 0.05) is 0 Å². The fourth-order valence-electron chi connectivity index (χ4n) is 2.10. The Morgan fingerprint density at radius 2 is 0.909 bits per heavy atom. The van der Waals surface area contributed by atoms with Crippen LogP contribution in [-0.2, 0) is 0 Å². The van der Waals surface area contributed by atoms with Gasteiger partial charge in [0.25, 0.3) is 0 Å². The summed E-state index contributed by atoms with van der Waals surface area (Å²) in [5, 5.41) is 0. The smallest absolute Gasteiger partial charge is 0.0280 e. The van der Waals surface area contributed by atoms with Gasteiger partial charge in [0.15, 0.2) is 0 Å². The molecular weight excluding hydrogens is 132 g/mol. The summed E-state index contributed by atoms with van der Waals surface area (Å²) in [6.45, 7) is 0. The number of allylic oxidation sites excluding steroid dienone is 2. The third-order valence-electron chi connectivity index (χ3n) is 2.96. The Morgan fingerprint density at radius 1 is 0.455 bits per heavy atom. The zero-order chi connectivity index (χ0) is 7.52. The van der Waals surface area contributed by atoms with E-state index in [4.69, 9.17) is 0 Å². The molecule has 0 heteroatoms.